The Morgan fingerprint density at radius 2 is 1.65 bits per heavy atom. The molecule has 7 atom stereocenters. The molecular weight excluding hydrogens is 280 g/mol. The summed E-state index contributed by atoms with van der Waals surface area (Å²) in [4.78, 5) is 13.1. The molecule has 0 aromatic carbocycles. The molecule has 130 valence electrons. The Morgan fingerprint density at radius 3 is 2.39 bits per heavy atom. The number of Topliss-reactive ketones (excluding diaryl/α,β-unsaturated/α-hetero) is 1. The smallest absolute Gasteiger partial charge is 0.144 e. The van der Waals surface area contributed by atoms with E-state index in [9.17, 15) is 4.79 Å². The van der Waals surface area contributed by atoms with Crippen molar-refractivity contribution in [1.82, 2.24) is 0 Å². The van der Waals surface area contributed by atoms with Crippen molar-refractivity contribution >= 4 is 5.78 Å². The Labute approximate surface area is 143 Å². The normalized spacial score (nSPS) is 55.0. The van der Waals surface area contributed by atoms with Crippen molar-refractivity contribution in [2.45, 2.75) is 86.0 Å². The Kier molecular flexibility index (Phi) is 3.41. The molecular formula is C22H36O. The van der Waals surface area contributed by atoms with Crippen molar-refractivity contribution in [3.63, 3.8) is 0 Å². The third-order valence-electron chi connectivity index (χ3n) is 9.18. The quantitative estimate of drug-likeness (QED) is 0.546. The van der Waals surface area contributed by atoms with Crippen molar-refractivity contribution in [2.24, 2.45) is 45.8 Å². The third-order valence-corrected chi connectivity index (χ3v) is 9.18. The van der Waals surface area contributed by atoms with Gasteiger partial charge in [0.25, 0.3) is 0 Å². The van der Waals surface area contributed by atoms with Gasteiger partial charge in [-0.1, -0.05) is 41.0 Å². The summed E-state index contributed by atoms with van der Waals surface area (Å²) in [5.74, 6) is 4.87. The van der Waals surface area contributed by atoms with Crippen LogP contribution < -0.4 is 0 Å². The third kappa shape index (κ3) is 2.07. The van der Waals surface area contributed by atoms with Crippen molar-refractivity contribution in [3.8, 4) is 0 Å². The molecule has 0 bridgehead atoms. The predicted molar refractivity (Wildman–Crippen MR) is 95.1 cm³/mol. The van der Waals surface area contributed by atoms with E-state index in [-0.39, 0.29) is 10.8 Å². The summed E-state index contributed by atoms with van der Waals surface area (Å²) in [7, 11) is 0. The molecule has 0 aromatic heterocycles. The van der Waals surface area contributed by atoms with Crippen molar-refractivity contribution in [3.05, 3.63) is 0 Å². The first-order valence-corrected chi connectivity index (χ1v) is 10.2. The van der Waals surface area contributed by atoms with E-state index in [0.29, 0.717) is 17.1 Å². The first kappa shape index (κ1) is 16.2. The van der Waals surface area contributed by atoms with Crippen LogP contribution in [0.5, 0.6) is 0 Å². The molecule has 4 saturated carbocycles. The summed E-state index contributed by atoms with van der Waals surface area (Å²) in [5, 5.41) is 0. The lowest BCUT2D eigenvalue weighted by molar-refractivity contribution is -0.142. The number of hydrogen-bond acceptors (Lipinski definition) is 1. The van der Waals surface area contributed by atoms with Crippen molar-refractivity contribution in [1.29, 1.82) is 0 Å². The monoisotopic (exact) mass is 316 g/mol. The summed E-state index contributed by atoms with van der Waals surface area (Å²) in [6.07, 6.45) is 10.8. The van der Waals surface area contributed by atoms with Gasteiger partial charge in [-0.2, -0.15) is 0 Å². The fourth-order valence-electron chi connectivity index (χ4n) is 7.87. The molecule has 0 unspecified atom stereocenters. The zero-order chi connectivity index (χ0) is 16.6. The van der Waals surface area contributed by atoms with Crippen LogP contribution in [0.15, 0.2) is 0 Å². The highest BCUT2D eigenvalue weighted by molar-refractivity contribution is 5.92. The molecule has 0 spiro atoms. The summed E-state index contributed by atoms with van der Waals surface area (Å²) in [6.45, 7) is 11.8. The summed E-state index contributed by atoms with van der Waals surface area (Å²) < 4.78 is 0. The van der Waals surface area contributed by atoms with Gasteiger partial charge in [-0.15, -0.1) is 0 Å². The number of rotatable bonds is 0. The summed E-state index contributed by atoms with van der Waals surface area (Å²) >= 11 is 0. The fourth-order valence-corrected chi connectivity index (χ4v) is 7.87. The van der Waals surface area contributed by atoms with Gasteiger partial charge < -0.3 is 0 Å². The molecule has 4 aliphatic carbocycles. The van der Waals surface area contributed by atoms with E-state index in [4.69, 9.17) is 0 Å². The lowest BCUT2D eigenvalue weighted by atomic mass is 9.45. The van der Waals surface area contributed by atoms with E-state index >= 15 is 0 Å². The molecule has 1 nitrogen and oxygen atoms in total. The summed E-state index contributed by atoms with van der Waals surface area (Å²) in [5.41, 5.74) is 0.496. The van der Waals surface area contributed by atoms with Crippen LogP contribution >= 0.6 is 0 Å². The molecule has 1 heteroatoms. The topological polar surface area (TPSA) is 17.1 Å². The standard InChI is InChI=1S/C22H36O/c1-14-8-10-21(4)15(12-14)6-7-16-17(21)9-11-22(5)18(16)13-20(2,3)19(22)23/h14-18H,6-13H2,1-5H3/t14-,15-,16+,17-,18-,21-,22-/m0/s1. The first-order valence-electron chi connectivity index (χ1n) is 10.2. The maximum absolute atomic E-state index is 13.1. The van der Waals surface area contributed by atoms with Crippen molar-refractivity contribution in [2.75, 3.05) is 0 Å². The van der Waals surface area contributed by atoms with E-state index in [1.54, 1.807) is 0 Å². The summed E-state index contributed by atoms with van der Waals surface area (Å²) in [6, 6.07) is 0. The minimum absolute atomic E-state index is 0.00415. The number of fused-ring (bicyclic) bond motifs is 5. The zero-order valence-electron chi connectivity index (χ0n) is 16.0. The van der Waals surface area contributed by atoms with Gasteiger partial charge in [0.2, 0.25) is 0 Å². The van der Waals surface area contributed by atoms with E-state index < -0.39 is 0 Å². The lowest BCUT2D eigenvalue weighted by Crippen LogP contribution is -2.53. The number of carbonyl (C=O) groups excluding carboxylic acids is 1. The minimum Gasteiger partial charge on any atom is -0.298 e. The molecule has 23 heavy (non-hydrogen) atoms. The number of ketones is 1. The predicted octanol–water partition coefficient (Wildman–Crippen LogP) is 5.87. The molecule has 4 fully saturated rings. The highest BCUT2D eigenvalue weighted by Crippen LogP contribution is 2.67. The van der Waals surface area contributed by atoms with E-state index in [0.717, 1.165) is 30.1 Å². The van der Waals surface area contributed by atoms with Gasteiger partial charge in [0, 0.05) is 10.8 Å². The number of hydrogen-bond donors (Lipinski definition) is 0. The maximum atomic E-state index is 13.1. The second kappa shape index (κ2) is 4.85. The molecule has 0 aromatic rings. The van der Waals surface area contributed by atoms with Crippen LogP contribution in [0.2, 0.25) is 0 Å². The zero-order valence-corrected chi connectivity index (χ0v) is 16.0. The lowest BCUT2D eigenvalue weighted by Gasteiger charge is -2.60. The van der Waals surface area contributed by atoms with Gasteiger partial charge in [-0.25, -0.2) is 0 Å². The van der Waals surface area contributed by atoms with Crippen LogP contribution in [0.3, 0.4) is 0 Å². The fraction of sp³-hybridized carbons (Fsp3) is 0.955. The Hall–Kier alpha value is -0.330. The van der Waals surface area contributed by atoms with Gasteiger partial charge in [-0.05, 0) is 80.0 Å². The second-order valence-electron chi connectivity index (χ2n) is 10.9. The van der Waals surface area contributed by atoms with E-state index in [2.05, 4.69) is 34.6 Å². The van der Waals surface area contributed by atoms with E-state index in [1.807, 2.05) is 0 Å². The second-order valence-corrected chi connectivity index (χ2v) is 10.9. The SMILES string of the molecule is C[C@H]1CC[C@@]2(C)[C@@H](CC[C@@H]3[C@@H]2CC[C@]2(C)C(=O)C(C)(C)C[C@@H]32)C1. The molecule has 0 radical (unpaired) electrons. The Morgan fingerprint density at radius 1 is 0.913 bits per heavy atom. The molecule has 4 rings (SSSR count). The van der Waals surface area contributed by atoms with Crippen LogP contribution in [0.25, 0.3) is 0 Å². The van der Waals surface area contributed by atoms with Gasteiger partial charge in [0.1, 0.15) is 5.78 Å². The van der Waals surface area contributed by atoms with Crippen LogP contribution in [-0.2, 0) is 4.79 Å². The van der Waals surface area contributed by atoms with Gasteiger partial charge in [0.15, 0.2) is 0 Å². The highest BCUT2D eigenvalue weighted by Gasteiger charge is 2.63. The van der Waals surface area contributed by atoms with Gasteiger partial charge >= 0.3 is 0 Å². The van der Waals surface area contributed by atoms with Gasteiger partial charge in [-0.3, -0.25) is 4.79 Å². The van der Waals surface area contributed by atoms with Crippen molar-refractivity contribution < 1.29 is 4.79 Å². The molecule has 4 aliphatic rings. The molecule has 0 amide bonds. The molecule has 0 aliphatic heterocycles. The molecule has 0 heterocycles. The van der Waals surface area contributed by atoms with Crippen LogP contribution in [0.4, 0.5) is 0 Å². The molecule has 0 N–H and O–H groups in total. The number of carbonyl (C=O) groups is 1. The van der Waals surface area contributed by atoms with Crippen LogP contribution in [0.1, 0.15) is 86.0 Å². The first-order chi connectivity index (χ1) is 10.7. The average Bonchev–Trinajstić information content (AvgIpc) is 2.68. The molecule has 0 saturated heterocycles. The highest BCUT2D eigenvalue weighted by atomic mass is 16.1. The maximum Gasteiger partial charge on any atom is 0.144 e. The van der Waals surface area contributed by atoms with Crippen LogP contribution in [-0.4, -0.2) is 5.78 Å². The van der Waals surface area contributed by atoms with Crippen LogP contribution in [0, 0.1) is 45.8 Å². The largest absolute Gasteiger partial charge is 0.298 e. The minimum atomic E-state index is -0.0763. The van der Waals surface area contributed by atoms with Gasteiger partial charge in [0.05, 0.1) is 0 Å². The van der Waals surface area contributed by atoms with E-state index in [1.165, 1.54) is 44.9 Å². The Bertz CT molecular complexity index is 520. The Balaban J connectivity index is 1.66. The average molecular weight is 317 g/mol.